The minimum atomic E-state index is -4.99. The Labute approximate surface area is 88.2 Å². The van der Waals surface area contributed by atoms with Gasteiger partial charge >= 0.3 is 18.1 Å². The van der Waals surface area contributed by atoms with Crippen LogP contribution in [0.4, 0.5) is 13.2 Å². The molecule has 1 amide bonds. The Kier molecular flexibility index (Phi) is 3.41. The van der Waals surface area contributed by atoms with Crippen molar-refractivity contribution in [1.29, 1.82) is 0 Å². The Balaban J connectivity index is 2.50. The van der Waals surface area contributed by atoms with Gasteiger partial charge < -0.3 is 15.5 Å². The lowest BCUT2D eigenvalue weighted by Crippen LogP contribution is -2.58. The fourth-order valence-corrected chi connectivity index (χ4v) is 1.58. The van der Waals surface area contributed by atoms with E-state index in [1.165, 1.54) is 0 Å². The summed E-state index contributed by atoms with van der Waals surface area (Å²) in [5.41, 5.74) is 0. The summed E-state index contributed by atoms with van der Waals surface area (Å²) < 4.78 is 35.6. The lowest BCUT2D eigenvalue weighted by Gasteiger charge is -2.41. The van der Waals surface area contributed by atoms with Crippen molar-refractivity contribution >= 4 is 11.9 Å². The molecule has 0 heterocycles. The lowest BCUT2D eigenvalue weighted by atomic mass is 9.74. The highest BCUT2D eigenvalue weighted by molar-refractivity contribution is 5.82. The highest BCUT2D eigenvalue weighted by atomic mass is 19.4. The first-order valence-corrected chi connectivity index (χ1v) is 4.49. The molecular weight excluding hydrogens is 231 g/mol. The highest BCUT2D eigenvalue weighted by Gasteiger charge is 2.46. The third-order valence-corrected chi connectivity index (χ3v) is 2.49. The van der Waals surface area contributed by atoms with Crippen LogP contribution in [0.25, 0.3) is 0 Å². The molecule has 0 bridgehead atoms. The maximum absolute atomic E-state index is 11.9. The maximum Gasteiger partial charge on any atom is 0.471 e. The van der Waals surface area contributed by atoms with Crippen LogP contribution in [0.2, 0.25) is 0 Å². The largest absolute Gasteiger partial charge is 0.481 e. The average Bonchev–Trinajstić information content (AvgIpc) is 2.12. The number of carbonyl (C=O) groups is 2. The zero-order valence-corrected chi connectivity index (χ0v) is 7.99. The summed E-state index contributed by atoms with van der Waals surface area (Å²) in [6.45, 7) is 0. The number of carboxylic acids is 1. The zero-order valence-electron chi connectivity index (χ0n) is 7.99. The number of alkyl halides is 3. The standard InChI is InChI=1S/C8H10F3NO4/c9-8(10,11)7(16)12-4-2-5(13)3(4)1-6(14)15/h3-5,13H,1-2H2,(H,12,16)(H,14,15)/t3-,4+,5-/m1/s1. The van der Waals surface area contributed by atoms with Gasteiger partial charge in [0, 0.05) is 12.0 Å². The van der Waals surface area contributed by atoms with Crippen molar-refractivity contribution in [3.63, 3.8) is 0 Å². The molecule has 1 aliphatic rings. The molecule has 1 aliphatic carbocycles. The van der Waals surface area contributed by atoms with Gasteiger partial charge in [0.25, 0.3) is 0 Å². The second-order valence-corrected chi connectivity index (χ2v) is 3.64. The number of aliphatic carboxylic acids is 1. The molecule has 8 heteroatoms. The van der Waals surface area contributed by atoms with Crippen LogP contribution in [-0.2, 0) is 9.59 Å². The number of halogens is 3. The normalized spacial score (nSPS) is 29.4. The van der Waals surface area contributed by atoms with Crippen molar-refractivity contribution in [2.75, 3.05) is 0 Å². The minimum absolute atomic E-state index is 0.0558. The number of carbonyl (C=O) groups excluding carboxylic acids is 1. The number of aliphatic hydroxyl groups excluding tert-OH is 1. The highest BCUT2D eigenvalue weighted by Crippen LogP contribution is 2.31. The molecule has 0 unspecified atom stereocenters. The first-order chi connectivity index (χ1) is 7.21. The van der Waals surface area contributed by atoms with E-state index in [4.69, 9.17) is 10.2 Å². The van der Waals surface area contributed by atoms with Crippen molar-refractivity contribution < 1.29 is 33.0 Å². The Morgan fingerprint density at radius 2 is 1.94 bits per heavy atom. The van der Waals surface area contributed by atoms with Crippen LogP contribution in [0.1, 0.15) is 12.8 Å². The van der Waals surface area contributed by atoms with Gasteiger partial charge in [-0.1, -0.05) is 0 Å². The van der Waals surface area contributed by atoms with Crippen molar-refractivity contribution in [3.05, 3.63) is 0 Å². The first kappa shape index (κ1) is 12.8. The second-order valence-electron chi connectivity index (χ2n) is 3.64. The molecule has 1 fully saturated rings. The number of hydrogen-bond donors (Lipinski definition) is 3. The quantitative estimate of drug-likeness (QED) is 0.643. The molecule has 3 N–H and O–H groups in total. The summed E-state index contributed by atoms with van der Waals surface area (Å²) in [5.74, 6) is -4.20. The number of amides is 1. The number of carboxylic acid groups (broad SMARTS) is 1. The Morgan fingerprint density at radius 1 is 1.38 bits per heavy atom. The second kappa shape index (κ2) is 4.28. The van der Waals surface area contributed by atoms with E-state index in [9.17, 15) is 22.8 Å². The van der Waals surface area contributed by atoms with Crippen LogP contribution >= 0.6 is 0 Å². The summed E-state index contributed by atoms with van der Waals surface area (Å²) in [6.07, 6.45) is -6.49. The van der Waals surface area contributed by atoms with Crippen molar-refractivity contribution in [2.24, 2.45) is 5.92 Å². The topological polar surface area (TPSA) is 86.6 Å². The van der Waals surface area contributed by atoms with Crippen molar-refractivity contribution in [1.82, 2.24) is 5.32 Å². The van der Waals surface area contributed by atoms with E-state index < -0.39 is 42.5 Å². The van der Waals surface area contributed by atoms with Crippen LogP contribution in [0, 0.1) is 5.92 Å². The van der Waals surface area contributed by atoms with E-state index in [0.29, 0.717) is 0 Å². The minimum Gasteiger partial charge on any atom is -0.481 e. The van der Waals surface area contributed by atoms with Gasteiger partial charge in [-0.15, -0.1) is 0 Å². The predicted octanol–water partition coefficient (Wildman–Crippen LogP) is -0.111. The van der Waals surface area contributed by atoms with Crippen LogP contribution in [-0.4, -0.2) is 40.4 Å². The van der Waals surface area contributed by atoms with E-state index in [2.05, 4.69) is 0 Å². The molecule has 0 aromatic rings. The lowest BCUT2D eigenvalue weighted by molar-refractivity contribution is -0.177. The fourth-order valence-electron chi connectivity index (χ4n) is 1.58. The molecule has 0 radical (unpaired) electrons. The van der Waals surface area contributed by atoms with Gasteiger partial charge in [-0.2, -0.15) is 13.2 Å². The molecule has 5 nitrogen and oxygen atoms in total. The molecule has 92 valence electrons. The SMILES string of the molecule is O=C(O)C[C@H]1[C@H](O)C[C@@H]1NC(=O)C(F)(F)F. The van der Waals surface area contributed by atoms with Gasteiger partial charge in [-0.25, -0.2) is 0 Å². The number of nitrogens with one attached hydrogen (secondary N) is 1. The summed E-state index contributed by atoms with van der Waals surface area (Å²) in [7, 11) is 0. The van der Waals surface area contributed by atoms with Gasteiger partial charge in [0.1, 0.15) is 0 Å². The maximum atomic E-state index is 11.9. The third kappa shape index (κ3) is 2.84. The summed E-state index contributed by atoms with van der Waals surface area (Å²) in [4.78, 5) is 20.9. The third-order valence-electron chi connectivity index (χ3n) is 2.49. The molecule has 0 aromatic heterocycles. The van der Waals surface area contributed by atoms with E-state index in [1.807, 2.05) is 0 Å². The molecule has 1 saturated carbocycles. The smallest absolute Gasteiger partial charge is 0.471 e. The van der Waals surface area contributed by atoms with Crippen molar-refractivity contribution in [2.45, 2.75) is 31.2 Å². The monoisotopic (exact) mass is 241 g/mol. The van der Waals surface area contributed by atoms with Crippen LogP contribution in [0.5, 0.6) is 0 Å². The molecule has 0 saturated heterocycles. The van der Waals surface area contributed by atoms with Gasteiger partial charge in [-0.05, 0) is 6.42 Å². The number of hydrogen-bond acceptors (Lipinski definition) is 3. The number of aliphatic hydroxyl groups is 1. The number of rotatable bonds is 3. The van der Waals surface area contributed by atoms with Crippen LogP contribution in [0.15, 0.2) is 0 Å². The Morgan fingerprint density at radius 3 is 2.31 bits per heavy atom. The van der Waals surface area contributed by atoms with Crippen molar-refractivity contribution in [3.8, 4) is 0 Å². The first-order valence-electron chi connectivity index (χ1n) is 4.49. The van der Waals surface area contributed by atoms with Gasteiger partial charge in [0.05, 0.1) is 12.5 Å². The van der Waals surface area contributed by atoms with E-state index in [0.717, 1.165) is 0 Å². The van der Waals surface area contributed by atoms with Gasteiger partial charge in [0.15, 0.2) is 0 Å². The van der Waals surface area contributed by atoms with E-state index >= 15 is 0 Å². The molecule has 1 rings (SSSR count). The Hall–Kier alpha value is -1.31. The van der Waals surface area contributed by atoms with Crippen LogP contribution < -0.4 is 5.32 Å². The van der Waals surface area contributed by atoms with Crippen LogP contribution in [0.3, 0.4) is 0 Å². The summed E-state index contributed by atoms with van der Waals surface area (Å²) in [5, 5.41) is 19.2. The summed E-state index contributed by atoms with van der Waals surface area (Å²) in [6, 6.07) is -0.930. The van der Waals surface area contributed by atoms with Gasteiger partial charge in [-0.3, -0.25) is 9.59 Å². The average molecular weight is 241 g/mol. The van der Waals surface area contributed by atoms with Gasteiger partial charge in [0.2, 0.25) is 0 Å². The molecule has 0 spiro atoms. The Bertz CT molecular complexity index is 304. The molecule has 0 aromatic carbocycles. The molecule has 3 atom stereocenters. The molecule has 16 heavy (non-hydrogen) atoms. The fraction of sp³-hybridized carbons (Fsp3) is 0.750. The van der Waals surface area contributed by atoms with E-state index in [-0.39, 0.29) is 6.42 Å². The van der Waals surface area contributed by atoms with E-state index in [1.54, 1.807) is 5.32 Å². The molecular formula is C8H10F3NO4. The predicted molar refractivity (Wildman–Crippen MR) is 44.4 cm³/mol. The zero-order chi connectivity index (χ0) is 12.5. The summed E-state index contributed by atoms with van der Waals surface area (Å²) >= 11 is 0. The molecule has 0 aliphatic heterocycles.